The molecule has 2 aliphatic rings. The zero-order valence-corrected chi connectivity index (χ0v) is 19.1. The Morgan fingerprint density at radius 3 is 2.71 bits per heavy atom. The highest BCUT2D eigenvalue weighted by Crippen LogP contribution is 2.53. The quantitative estimate of drug-likeness (QED) is 0.591. The molecule has 1 saturated heterocycles. The lowest BCUT2D eigenvalue weighted by Crippen LogP contribution is -2.49. The van der Waals surface area contributed by atoms with Gasteiger partial charge in [-0.05, 0) is 65.8 Å². The van der Waals surface area contributed by atoms with Gasteiger partial charge in [0, 0.05) is 30.8 Å². The second-order valence-electron chi connectivity index (χ2n) is 9.34. The second-order valence-corrected chi connectivity index (χ2v) is 9.34. The lowest BCUT2D eigenvalue weighted by molar-refractivity contribution is 0.0605. The molecule has 2 fully saturated rings. The van der Waals surface area contributed by atoms with E-state index in [1.165, 1.54) is 0 Å². The number of likely N-dealkylation sites (tertiary alicyclic amines) is 1. The van der Waals surface area contributed by atoms with E-state index in [0.717, 1.165) is 18.4 Å². The number of amides is 1. The molecule has 3 heterocycles. The number of hydrogen-bond donors (Lipinski definition) is 1. The van der Waals surface area contributed by atoms with Gasteiger partial charge >= 0.3 is 6.09 Å². The fraction of sp³-hybridized carbons (Fsp3) is 0.478. The van der Waals surface area contributed by atoms with Crippen LogP contribution in [0.1, 0.15) is 49.9 Å². The maximum absolute atomic E-state index is 11.8. The van der Waals surface area contributed by atoms with Crippen molar-refractivity contribution in [2.24, 2.45) is 12.5 Å². The number of nitrogens with zero attached hydrogens (tertiary/aromatic N) is 8. The largest absolute Gasteiger partial charge is 0.489 e. The van der Waals surface area contributed by atoms with Crippen LogP contribution in [0.3, 0.4) is 0 Å². The molecule has 11 nitrogen and oxygen atoms in total. The summed E-state index contributed by atoms with van der Waals surface area (Å²) in [6, 6.07) is 9.64. The number of carbonyl (C=O) groups is 1. The molecule has 5 rings (SSSR count). The lowest BCUT2D eigenvalue weighted by Gasteiger charge is -2.41. The van der Waals surface area contributed by atoms with Crippen LogP contribution in [0.25, 0.3) is 11.4 Å². The summed E-state index contributed by atoms with van der Waals surface area (Å²) in [7, 11) is 1.78. The summed E-state index contributed by atoms with van der Waals surface area (Å²) in [6.07, 6.45) is 4.17. The van der Waals surface area contributed by atoms with E-state index in [2.05, 4.69) is 33.6 Å². The van der Waals surface area contributed by atoms with Crippen molar-refractivity contribution in [3.63, 3.8) is 0 Å². The van der Waals surface area contributed by atoms with Crippen molar-refractivity contribution in [3.05, 3.63) is 41.7 Å². The normalized spacial score (nSPS) is 21.1. The second kappa shape index (κ2) is 8.44. The molecule has 1 aromatic carbocycles. The molecule has 1 amide bonds. The molecule has 1 aliphatic heterocycles. The number of piperidine rings is 1. The number of aryl methyl sites for hydroxylation is 1. The Hall–Kier alpha value is -3.94. The maximum atomic E-state index is 11.8. The Morgan fingerprint density at radius 1 is 1.32 bits per heavy atom. The number of rotatable bonds is 6. The van der Waals surface area contributed by atoms with Crippen LogP contribution in [-0.2, 0) is 13.7 Å². The Morgan fingerprint density at radius 2 is 2.09 bits per heavy atom. The van der Waals surface area contributed by atoms with Gasteiger partial charge in [-0.2, -0.15) is 10.4 Å². The summed E-state index contributed by atoms with van der Waals surface area (Å²) in [5, 5.41) is 35.5. The monoisotopic (exact) mass is 462 g/mol. The van der Waals surface area contributed by atoms with Gasteiger partial charge in [-0.3, -0.25) is 4.68 Å². The minimum atomic E-state index is -0.868. The van der Waals surface area contributed by atoms with Crippen molar-refractivity contribution in [2.75, 3.05) is 6.54 Å². The molecule has 3 aromatic rings. The van der Waals surface area contributed by atoms with E-state index in [0.29, 0.717) is 42.2 Å². The first kappa shape index (κ1) is 21.9. The summed E-state index contributed by atoms with van der Waals surface area (Å²) >= 11 is 0. The van der Waals surface area contributed by atoms with Crippen LogP contribution in [0.15, 0.2) is 30.5 Å². The average molecular weight is 463 g/mol. The van der Waals surface area contributed by atoms with Gasteiger partial charge < -0.3 is 14.7 Å². The van der Waals surface area contributed by atoms with Crippen LogP contribution in [0.5, 0.6) is 5.75 Å². The van der Waals surface area contributed by atoms with Crippen molar-refractivity contribution in [1.29, 1.82) is 5.26 Å². The average Bonchev–Trinajstić information content (AvgIpc) is 3.25. The number of aromatic nitrogens is 6. The Kier molecular flexibility index (Phi) is 5.43. The minimum absolute atomic E-state index is 0.0132. The molecule has 2 aromatic heterocycles. The maximum Gasteiger partial charge on any atom is 0.407 e. The van der Waals surface area contributed by atoms with Gasteiger partial charge in [-0.1, -0.05) is 6.92 Å². The predicted molar refractivity (Wildman–Crippen MR) is 120 cm³/mol. The standard InChI is InChI=1S/C23H26N8O3/c1-23(8-9-23)20-11-17(7-10-30(20)22(32)33)31-19(12-24)16(13-25-31)14-34-18-5-3-15(4-6-18)21-26-27-28-29(21)2/h3-6,13,17,20H,7-11,14H2,1-2H3,(H,32,33). The molecule has 11 heteroatoms. The van der Waals surface area contributed by atoms with E-state index >= 15 is 0 Å². The van der Waals surface area contributed by atoms with Crippen molar-refractivity contribution in [2.45, 2.75) is 51.3 Å². The molecule has 0 bridgehead atoms. The van der Waals surface area contributed by atoms with Crippen LogP contribution in [0.2, 0.25) is 0 Å². The van der Waals surface area contributed by atoms with E-state index in [1.54, 1.807) is 27.5 Å². The Bertz CT molecular complexity index is 1240. The molecule has 176 valence electrons. The molecule has 1 aliphatic carbocycles. The number of carboxylic acid groups (broad SMARTS) is 1. The lowest BCUT2D eigenvalue weighted by atomic mass is 9.86. The summed E-state index contributed by atoms with van der Waals surface area (Å²) in [6.45, 7) is 2.81. The van der Waals surface area contributed by atoms with E-state index in [4.69, 9.17) is 4.74 Å². The number of tetrazole rings is 1. The highest BCUT2D eigenvalue weighted by atomic mass is 16.5. The molecule has 2 atom stereocenters. The van der Waals surface area contributed by atoms with Gasteiger partial charge in [-0.15, -0.1) is 5.10 Å². The van der Waals surface area contributed by atoms with E-state index in [-0.39, 0.29) is 24.1 Å². The summed E-state index contributed by atoms with van der Waals surface area (Å²) < 4.78 is 9.28. The SMILES string of the molecule is Cn1nnnc1-c1ccc(OCc2cnn(C3CCN(C(=O)O)C(C4(C)CC4)C3)c2C#N)cc1. The molecule has 1 N–H and O–H groups in total. The van der Waals surface area contributed by atoms with E-state index in [1.807, 2.05) is 24.3 Å². The molecule has 34 heavy (non-hydrogen) atoms. The van der Waals surface area contributed by atoms with Crippen LogP contribution in [0, 0.1) is 16.7 Å². The fourth-order valence-corrected chi connectivity index (χ4v) is 4.83. The predicted octanol–water partition coefficient (Wildman–Crippen LogP) is 3.01. The van der Waals surface area contributed by atoms with Crippen molar-refractivity contribution >= 4 is 6.09 Å². The summed E-state index contributed by atoms with van der Waals surface area (Å²) in [4.78, 5) is 13.3. The highest BCUT2D eigenvalue weighted by molar-refractivity contribution is 5.66. The molecule has 1 saturated carbocycles. The van der Waals surface area contributed by atoms with E-state index < -0.39 is 6.09 Å². The number of nitriles is 1. The number of ether oxygens (including phenoxy) is 1. The third-order valence-electron chi connectivity index (χ3n) is 7.11. The van der Waals surface area contributed by atoms with Gasteiger partial charge in [-0.25, -0.2) is 9.48 Å². The van der Waals surface area contributed by atoms with Crippen molar-refractivity contribution in [3.8, 4) is 23.2 Å². The van der Waals surface area contributed by atoms with Gasteiger partial charge in [0.1, 0.15) is 24.1 Å². The van der Waals surface area contributed by atoms with Crippen LogP contribution in [0.4, 0.5) is 4.79 Å². The van der Waals surface area contributed by atoms with Gasteiger partial charge in [0.05, 0.1) is 12.2 Å². The van der Waals surface area contributed by atoms with Crippen LogP contribution < -0.4 is 4.74 Å². The minimum Gasteiger partial charge on any atom is -0.489 e. The topological polar surface area (TPSA) is 135 Å². The first-order chi connectivity index (χ1) is 16.4. The first-order valence-electron chi connectivity index (χ1n) is 11.3. The van der Waals surface area contributed by atoms with Crippen molar-refractivity contribution < 1.29 is 14.6 Å². The van der Waals surface area contributed by atoms with E-state index in [9.17, 15) is 15.2 Å². The molecular formula is C23H26N8O3. The Balaban J connectivity index is 1.29. The zero-order valence-electron chi connectivity index (χ0n) is 19.1. The first-order valence-corrected chi connectivity index (χ1v) is 11.3. The van der Waals surface area contributed by atoms with Gasteiger partial charge in [0.25, 0.3) is 0 Å². The molecule has 0 spiro atoms. The third kappa shape index (κ3) is 3.96. The van der Waals surface area contributed by atoms with Crippen molar-refractivity contribution in [1.82, 2.24) is 34.9 Å². The number of hydrogen-bond acceptors (Lipinski definition) is 7. The zero-order chi connectivity index (χ0) is 23.9. The molecular weight excluding hydrogens is 436 g/mol. The Labute approximate surface area is 196 Å². The summed E-state index contributed by atoms with van der Waals surface area (Å²) in [5.74, 6) is 1.32. The molecule has 0 radical (unpaired) electrons. The van der Waals surface area contributed by atoms with Crippen LogP contribution >= 0.6 is 0 Å². The van der Waals surface area contributed by atoms with Gasteiger partial charge in [0.15, 0.2) is 5.82 Å². The fourth-order valence-electron chi connectivity index (χ4n) is 4.83. The van der Waals surface area contributed by atoms with Gasteiger partial charge in [0.2, 0.25) is 0 Å². The number of benzene rings is 1. The third-order valence-corrected chi connectivity index (χ3v) is 7.11. The summed E-state index contributed by atoms with van der Waals surface area (Å²) in [5.41, 5.74) is 2.07. The van der Waals surface area contributed by atoms with Crippen LogP contribution in [-0.4, -0.2) is 58.7 Å². The smallest absolute Gasteiger partial charge is 0.407 e. The highest BCUT2D eigenvalue weighted by Gasteiger charge is 2.51. The molecule has 2 unspecified atom stereocenters.